The quantitative estimate of drug-likeness (QED) is 0.522. The van der Waals surface area contributed by atoms with Crippen LogP contribution in [0.2, 0.25) is 0 Å². The number of hydrogen-bond donors (Lipinski definition) is 0. The summed E-state index contributed by atoms with van der Waals surface area (Å²) in [5, 5.41) is 2.04. The number of nitrogens with zero attached hydrogens (tertiary/aromatic N) is 1. The maximum Gasteiger partial charge on any atom is 0.285 e. The lowest BCUT2D eigenvalue weighted by atomic mass is 10.1. The highest BCUT2D eigenvalue weighted by Crippen LogP contribution is 2.03. The lowest BCUT2D eigenvalue weighted by Crippen LogP contribution is -1.92. The van der Waals surface area contributed by atoms with Gasteiger partial charge in [0.1, 0.15) is 0 Å². The largest absolute Gasteiger partial charge is 0.285 e. The molecule has 1 aromatic carbocycles. The number of aryl methyl sites for hydroxylation is 1. The van der Waals surface area contributed by atoms with E-state index in [9.17, 15) is 4.79 Å². The highest BCUT2D eigenvalue weighted by atomic mass is 32.1. The zero-order valence-electron chi connectivity index (χ0n) is 8.57. The number of amides is 1. The first-order chi connectivity index (χ1) is 6.74. The van der Waals surface area contributed by atoms with E-state index in [1.54, 1.807) is 12.1 Å². The molecule has 0 unspecified atom stereocenters. The number of rotatable bonds is 1. The minimum Gasteiger partial charge on any atom is -0.266 e. The van der Waals surface area contributed by atoms with Gasteiger partial charge in [0.25, 0.3) is 5.91 Å². The summed E-state index contributed by atoms with van der Waals surface area (Å²) in [5.74, 6) is -0.343. The highest BCUT2D eigenvalue weighted by Gasteiger charge is 2.00. The van der Waals surface area contributed by atoms with Crippen molar-refractivity contribution in [2.45, 2.75) is 20.8 Å². The Morgan fingerprint density at radius 1 is 1.29 bits per heavy atom. The molecule has 0 N–H and O–H groups in total. The summed E-state index contributed by atoms with van der Waals surface area (Å²) in [6, 6.07) is 7.14. The number of isothiocyanates is 1. The molecule has 0 saturated heterocycles. The molecule has 0 aromatic heterocycles. The van der Waals surface area contributed by atoms with Crippen LogP contribution in [0.5, 0.6) is 0 Å². The molecule has 0 aliphatic rings. The van der Waals surface area contributed by atoms with Gasteiger partial charge in [0.2, 0.25) is 0 Å². The topological polar surface area (TPSA) is 29.4 Å². The molecule has 0 heterocycles. The van der Waals surface area contributed by atoms with Crippen molar-refractivity contribution >= 4 is 23.3 Å². The molecule has 1 amide bonds. The molecule has 3 heteroatoms. The number of aliphatic imine (C=N–C) groups is 1. The average molecular weight is 207 g/mol. The standard InChI is InChI=1S/C9H7NOS.C2H6/c1-7-2-4-8(5-3-7)9(11)10-6-12;1-2/h2-5H,1H3;1-2H3. The van der Waals surface area contributed by atoms with E-state index < -0.39 is 0 Å². The van der Waals surface area contributed by atoms with Crippen molar-refractivity contribution in [3.8, 4) is 0 Å². The molecule has 0 spiro atoms. The van der Waals surface area contributed by atoms with Gasteiger partial charge in [-0.3, -0.25) is 4.79 Å². The monoisotopic (exact) mass is 207 g/mol. The summed E-state index contributed by atoms with van der Waals surface area (Å²) in [7, 11) is 0. The van der Waals surface area contributed by atoms with E-state index in [1.165, 1.54) is 0 Å². The Morgan fingerprint density at radius 2 is 1.79 bits per heavy atom. The van der Waals surface area contributed by atoms with Crippen LogP contribution in [0.15, 0.2) is 29.3 Å². The fourth-order valence-electron chi connectivity index (χ4n) is 0.802. The summed E-state index contributed by atoms with van der Waals surface area (Å²) >= 11 is 4.32. The first-order valence-corrected chi connectivity index (χ1v) is 4.84. The number of hydrogen-bond acceptors (Lipinski definition) is 2. The molecule has 0 fully saturated rings. The van der Waals surface area contributed by atoms with E-state index in [1.807, 2.05) is 38.1 Å². The zero-order chi connectivity index (χ0) is 11.0. The number of benzene rings is 1. The Balaban J connectivity index is 0.000000791. The smallest absolute Gasteiger partial charge is 0.266 e. The van der Waals surface area contributed by atoms with Crippen LogP contribution in [-0.2, 0) is 0 Å². The Labute approximate surface area is 89.7 Å². The average Bonchev–Trinajstić information content (AvgIpc) is 2.22. The zero-order valence-corrected chi connectivity index (χ0v) is 9.39. The van der Waals surface area contributed by atoms with Gasteiger partial charge in [-0.05, 0) is 31.3 Å². The molecular formula is C11H13NOS. The summed E-state index contributed by atoms with van der Waals surface area (Å²) < 4.78 is 0. The van der Waals surface area contributed by atoms with Crippen LogP contribution in [0.3, 0.4) is 0 Å². The summed E-state index contributed by atoms with van der Waals surface area (Å²) in [4.78, 5) is 14.4. The molecule has 1 aromatic rings. The Bertz CT molecular complexity index is 337. The SMILES string of the molecule is CC.Cc1ccc(C(=O)N=C=S)cc1. The van der Waals surface area contributed by atoms with E-state index >= 15 is 0 Å². The van der Waals surface area contributed by atoms with Crippen LogP contribution in [0.4, 0.5) is 0 Å². The van der Waals surface area contributed by atoms with Crippen molar-refractivity contribution in [2.24, 2.45) is 4.99 Å². The second-order valence-electron chi connectivity index (χ2n) is 2.37. The molecule has 0 aliphatic heterocycles. The number of thiocarbonyl (C=S) groups is 1. The number of carbonyl (C=O) groups excluding carboxylic acids is 1. The predicted octanol–water partition coefficient (Wildman–Crippen LogP) is 3.26. The maximum absolute atomic E-state index is 11.1. The van der Waals surface area contributed by atoms with Crippen LogP contribution >= 0.6 is 12.2 Å². The molecule has 74 valence electrons. The fourth-order valence-corrected chi connectivity index (χ4v) is 0.885. The van der Waals surface area contributed by atoms with Gasteiger partial charge in [0.05, 0.1) is 5.16 Å². The van der Waals surface area contributed by atoms with Gasteiger partial charge in [0.15, 0.2) is 0 Å². The molecule has 2 nitrogen and oxygen atoms in total. The molecule has 0 radical (unpaired) electrons. The van der Waals surface area contributed by atoms with Crippen LogP contribution in [-0.4, -0.2) is 11.1 Å². The number of carbonyl (C=O) groups is 1. The van der Waals surface area contributed by atoms with Gasteiger partial charge in [-0.25, -0.2) is 0 Å². The maximum atomic E-state index is 11.1. The van der Waals surface area contributed by atoms with Crippen molar-refractivity contribution in [1.82, 2.24) is 0 Å². The van der Waals surface area contributed by atoms with Crippen molar-refractivity contribution in [3.05, 3.63) is 35.4 Å². The second-order valence-corrected chi connectivity index (χ2v) is 2.56. The minimum absolute atomic E-state index is 0.343. The Hall–Kier alpha value is -1.31. The van der Waals surface area contributed by atoms with Crippen LogP contribution in [0.25, 0.3) is 0 Å². The third kappa shape index (κ3) is 4.08. The van der Waals surface area contributed by atoms with Gasteiger partial charge in [-0.15, -0.1) is 0 Å². The van der Waals surface area contributed by atoms with Crippen LogP contribution in [0.1, 0.15) is 29.8 Å². The summed E-state index contributed by atoms with van der Waals surface area (Å²) in [5.41, 5.74) is 1.65. The minimum atomic E-state index is -0.343. The first kappa shape index (κ1) is 12.7. The normalized spacial score (nSPS) is 7.93. The highest BCUT2D eigenvalue weighted by molar-refractivity contribution is 7.78. The van der Waals surface area contributed by atoms with Gasteiger partial charge in [-0.2, -0.15) is 4.99 Å². The molecule has 0 bridgehead atoms. The van der Waals surface area contributed by atoms with Gasteiger partial charge in [0, 0.05) is 5.56 Å². The summed E-state index contributed by atoms with van der Waals surface area (Å²) in [6.45, 7) is 5.96. The van der Waals surface area contributed by atoms with Crippen molar-refractivity contribution in [3.63, 3.8) is 0 Å². The van der Waals surface area contributed by atoms with Gasteiger partial charge >= 0.3 is 0 Å². The molecule has 14 heavy (non-hydrogen) atoms. The third-order valence-electron chi connectivity index (χ3n) is 1.45. The van der Waals surface area contributed by atoms with E-state index in [0.717, 1.165) is 5.56 Å². The van der Waals surface area contributed by atoms with Gasteiger partial charge in [-0.1, -0.05) is 31.5 Å². The van der Waals surface area contributed by atoms with E-state index in [-0.39, 0.29) is 5.91 Å². The molecule has 0 saturated carbocycles. The van der Waals surface area contributed by atoms with E-state index in [0.29, 0.717) is 5.56 Å². The Morgan fingerprint density at radius 3 is 2.21 bits per heavy atom. The lowest BCUT2D eigenvalue weighted by molar-refractivity contribution is 0.100. The van der Waals surface area contributed by atoms with Crippen LogP contribution in [0, 0.1) is 6.92 Å². The Kier molecular flexibility index (Phi) is 6.46. The van der Waals surface area contributed by atoms with Crippen LogP contribution < -0.4 is 0 Å². The summed E-state index contributed by atoms with van der Waals surface area (Å²) in [6.07, 6.45) is 0. The fraction of sp³-hybridized carbons (Fsp3) is 0.273. The van der Waals surface area contributed by atoms with Crippen molar-refractivity contribution in [2.75, 3.05) is 0 Å². The molecule has 1 rings (SSSR count). The predicted molar refractivity (Wildman–Crippen MR) is 61.9 cm³/mol. The molecule has 0 aliphatic carbocycles. The van der Waals surface area contributed by atoms with E-state index in [2.05, 4.69) is 17.2 Å². The van der Waals surface area contributed by atoms with E-state index in [4.69, 9.17) is 0 Å². The van der Waals surface area contributed by atoms with Gasteiger partial charge < -0.3 is 0 Å². The second kappa shape index (κ2) is 7.13. The first-order valence-electron chi connectivity index (χ1n) is 4.43. The molecule has 0 atom stereocenters. The van der Waals surface area contributed by atoms with Crippen molar-refractivity contribution in [1.29, 1.82) is 0 Å². The molecular weight excluding hydrogens is 194 g/mol. The van der Waals surface area contributed by atoms with Crippen molar-refractivity contribution < 1.29 is 4.79 Å². The third-order valence-corrected chi connectivity index (χ3v) is 1.54. The lowest BCUT2D eigenvalue weighted by Gasteiger charge is -1.93.